The molecule has 0 saturated heterocycles. The number of benzene rings is 1. The van der Waals surface area contributed by atoms with E-state index in [0.717, 1.165) is 6.26 Å². The molecule has 0 aromatic heterocycles. The maximum Gasteiger partial charge on any atom is 0.243 e. The van der Waals surface area contributed by atoms with Crippen molar-refractivity contribution in [3.05, 3.63) is 29.8 Å². The van der Waals surface area contributed by atoms with Crippen LogP contribution < -0.4 is 10.6 Å². The van der Waals surface area contributed by atoms with Gasteiger partial charge >= 0.3 is 0 Å². The molecule has 0 radical (unpaired) electrons. The van der Waals surface area contributed by atoms with Crippen molar-refractivity contribution in [1.82, 2.24) is 0 Å². The number of anilines is 1. The van der Waals surface area contributed by atoms with Crippen molar-refractivity contribution in [3.63, 3.8) is 0 Å². The SMILES string of the molecule is CN(C(=O)C(N)CCS(C)(=O)=O)c1ccc(C#N)cc1. The van der Waals surface area contributed by atoms with E-state index in [-0.39, 0.29) is 18.1 Å². The van der Waals surface area contributed by atoms with Gasteiger partial charge in [0.15, 0.2) is 0 Å². The molecule has 108 valence electrons. The fourth-order valence-corrected chi connectivity index (χ4v) is 2.28. The maximum atomic E-state index is 12.1. The Kier molecular flexibility index (Phi) is 5.25. The van der Waals surface area contributed by atoms with Gasteiger partial charge in [0.25, 0.3) is 0 Å². The molecule has 1 unspecified atom stereocenters. The average Bonchev–Trinajstić information content (AvgIpc) is 2.42. The third kappa shape index (κ3) is 4.64. The lowest BCUT2D eigenvalue weighted by molar-refractivity contribution is -0.119. The first-order chi connectivity index (χ1) is 9.24. The summed E-state index contributed by atoms with van der Waals surface area (Å²) in [7, 11) is -1.58. The van der Waals surface area contributed by atoms with Crippen molar-refractivity contribution in [2.75, 3.05) is 24.0 Å². The molecule has 7 heteroatoms. The molecule has 0 bridgehead atoms. The van der Waals surface area contributed by atoms with Gasteiger partial charge in [0, 0.05) is 19.0 Å². The summed E-state index contributed by atoms with van der Waals surface area (Å²) < 4.78 is 22.1. The lowest BCUT2D eigenvalue weighted by atomic mass is 10.1. The normalized spacial score (nSPS) is 12.5. The van der Waals surface area contributed by atoms with Gasteiger partial charge in [-0.3, -0.25) is 4.79 Å². The van der Waals surface area contributed by atoms with Gasteiger partial charge in [0.2, 0.25) is 5.91 Å². The van der Waals surface area contributed by atoms with Crippen molar-refractivity contribution in [1.29, 1.82) is 5.26 Å². The first kappa shape index (κ1) is 16.1. The number of hydrogen-bond acceptors (Lipinski definition) is 5. The minimum absolute atomic E-state index is 0.0816. The van der Waals surface area contributed by atoms with Crippen molar-refractivity contribution in [2.24, 2.45) is 5.73 Å². The predicted molar refractivity (Wildman–Crippen MR) is 76.9 cm³/mol. The first-order valence-electron chi connectivity index (χ1n) is 5.95. The molecule has 1 atom stereocenters. The minimum atomic E-state index is -3.14. The third-order valence-corrected chi connectivity index (χ3v) is 3.81. The summed E-state index contributed by atoms with van der Waals surface area (Å²) in [5.41, 5.74) is 6.81. The molecule has 6 nitrogen and oxygen atoms in total. The highest BCUT2D eigenvalue weighted by Gasteiger charge is 2.20. The van der Waals surface area contributed by atoms with Crippen LogP contribution in [0.15, 0.2) is 24.3 Å². The second-order valence-electron chi connectivity index (χ2n) is 4.58. The number of likely N-dealkylation sites (N-methyl/N-ethyl adjacent to an activating group) is 1. The van der Waals surface area contributed by atoms with Gasteiger partial charge in [0.05, 0.1) is 23.4 Å². The van der Waals surface area contributed by atoms with Crippen LogP contribution in [-0.4, -0.2) is 39.4 Å². The van der Waals surface area contributed by atoms with Crippen LogP contribution in [0.4, 0.5) is 5.69 Å². The highest BCUT2D eigenvalue weighted by molar-refractivity contribution is 7.90. The van der Waals surface area contributed by atoms with Gasteiger partial charge in [-0.25, -0.2) is 8.42 Å². The van der Waals surface area contributed by atoms with E-state index in [1.807, 2.05) is 6.07 Å². The molecule has 0 aliphatic carbocycles. The number of rotatable bonds is 5. The molecule has 20 heavy (non-hydrogen) atoms. The monoisotopic (exact) mass is 295 g/mol. The van der Waals surface area contributed by atoms with Crippen LogP contribution in [0.3, 0.4) is 0 Å². The van der Waals surface area contributed by atoms with Crippen LogP contribution in [0.2, 0.25) is 0 Å². The van der Waals surface area contributed by atoms with Gasteiger partial charge in [-0.05, 0) is 30.7 Å². The van der Waals surface area contributed by atoms with E-state index in [1.54, 1.807) is 31.3 Å². The number of nitrogens with two attached hydrogens (primary N) is 1. The fraction of sp³-hybridized carbons (Fsp3) is 0.385. The number of hydrogen-bond donors (Lipinski definition) is 1. The van der Waals surface area contributed by atoms with Crippen LogP contribution >= 0.6 is 0 Å². The molecular formula is C13H17N3O3S. The number of nitrogens with zero attached hydrogens (tertiary/aromatic N) is 2. The Morgan fingerprint density at radius 2 is 1.95 bits per heavy atom. The van der Waals surface area contributed by atoms with Gasteiger partial charge < -0.3 is 10.6 Å². The number of amides is 1. The molecule has 0 fully saturated rings. The van der Waals surface area contributed by atoms with Crippen molar-refractivity contribution < 1.29 is 13.2 Å². The summed E-state index contributed by atoms with van der Waals surface area (Å²) in [6, 6.07) is 7.59. The first-order valence-corrected chi connectivity index (χ1v) is 8.01. The zero-order chi connectivity index (χ0) is 15.3. The van der Waals surface area contributed by atoms with E-state index in [9.17, 15) is 13.2 Å². The number of carbonyl (C=O) groups excluding carboxylic acids is 1. The summed E-state index contributed by atoms with van der Waals surface area (Å²) >= 11 is 0. The second kappa shape index (κ2) is 6.50. The van der Waals surface area contributed by atoms with Crippen molar-refractivity contribution in [2.45, 2.75) is 12.5 Å². The number of carbonyl (C=O) groups is 1. The Bertz CT molecular complexity index is 617. The molecule has 1 aromatic rings. The van der Waals surface area contributed by atoms with Crippen LogP contribution in [0.5, 0.6) is 0 Å². The molecule has 0 spiro atoms. The van der Waals surface area contributed by atoms with Crippen LogP contribution in [0, 0.1) is 11.3 Å². The van der Waals surface area contributed by atoms with Gasteiger partial charge in [0.1, 0.15) is 9.84 Å². The maximum absolute atomic E-state index is 12.1. The Labute approximate surface area is 118 Å². The molecule has 0 saturated carbocycles. The summed E-state index contributed by atoms with van der Waals surface area (Å²) in [5, 5.41) is 8.70. The smallest absolute Gasteiger partial charge is 0.243 e. The zero-order valence-corrected chi connectivity index (χ0v) is 12.2. The molecule has 2 N–H and O–H groups in total. The molecule has 1 rings (SSSR count). The standard InChI is InChI=1S/C13H17N3O3S/c1-16(11-5-3-10(9-14)4-6-11)13(17)12(15)7-8-20(2,18)19/h3-6,12H,7-8,15H2,1-2H3. The number of nitriles is 1. The van der Waals surface area contributed by atoms with E-state index in [4.69, 9.17) is 11.0 Å². The molecule has 0 aliphatic rings. The van der Waals surface area contributed by atoms with Crippen LogP contribution in [0.25, 0.3) is 0 Å². The van der Waals surface area contributed by atoms with Gasteiger partial charge in [-0.1, -0.05) is 0 Å². The van der Waals surface area contributed by atoms with Crippen LogP contribution in [0.1, 0.15) is 12.0 Å². The molecule has 1 amide bonds. The molecule has 0 heterocycles. The van der Waals surface area contributed by atoms with E-state index < -0.39 is 15.9 Å². The molecule has 0 aliphatic heterocycles. The summed E-state index contributed by atoms with van der Waals surface area (Å²) in [6.45, 7) is 0. The third-order valence-electron chi connectivity index (χ3n) is 2.83. The highest BCUT2D eigenvalue weighted by Crippen LogP contribution is 2.14. The largest absolute Gasteiger partial charge is 0.320 e. The summed E-state index contributed by atoms with van der Waals surface area (Å²) in [5.74, 6) is -0.487. The van der Waals surface area contributed by atoms with E-state index >= 15 is 0 Å². The van der Waals surface area contributed by atoms with Gasteiger partial charge in [-0.15, -0.1) is 0 Å². The predicted octanol–water partition coefficient (Wildman–Crippen LogP) is 0.283. The van der Waals surface area contributed by atoms with Crippen LogP contribution in [-0.2, 0) is 14.6 Å². The summed E-state index contributed by atoms with van der Waals surface area (Å²) in [6.07, 6.45) is 1.19. The van der Waals surface area contributed by atoms with E-state index in [0.29, 0.717) is 11.3 Å². The minimum Gasteiger partial charge on any atom is -0.320 e. The highest BCUT2D eigenvalue weighted by atomic mass is 32.2. The lowest BCUT2D eigenvalue weighted by Crippen LogP contribution is -2.42. The lowest BCUT2D eigenvalue weighted by Gasteiger charge is -2.21. The second-order valence-corrected chi connectivity index (χ2v) is 6.84. The number of sulfone groups is 1. The molecule has 1 aromatic carbocycles. The Balaban J connectivity index is 2.72. The van der Waals surface area contributed by atoms with E-state index in [1.165, 1.54) is 4.90 Å². The quantitative estimate of drug-likeness (QED) is 0.840. The van der Waals surface area contributed by atoms with E-state index in [2.05, 4.69) is 0 Å². The summed E-state index contributed by atoms with van der Waals surface area (Å²) in [4.78, 5) is 13.4. The topological polar surface area (TPSA) is 104 Å². The zero-order valence-electron chi connectivity index (χ0n) is 11.4. The average molecular weight is 295 g/mol. The fourth-order valence-electron chi connectivity index (χ4n) is 1.60. The Hall–Kier alpha value is -1.91. The Morgan fingerprint density at radius 3 is 2.40 bits per heavy atom. The van der Waals surface area contributed by atoms with Crippen molar-refractivity contribution >= 4 is 21.4 Å². The molecular weight excluding hydrogens is 278 g/mol. The van der Waals surface area contributed by atoms with Gasteiger partial charge in [-0.2, -0.15) is 5.26 Å². The Morgan fingerprint density at radius 1 is 1.40 bits per heavy atom. The van der Waals surface area contributed by atoms with Crippen molar-refractivity contribution in [3.8, 4) is 6.07 Å².